The molecule has 0 unspecified atom stereocenters. The van der Waals surface area contributed by atoms with Crippen molar-refractivity contribution in [2.45, 2.75) is 44.0 Å². The van der Waals surface area contributed by atoms with Crippen LogP contribution in [0.5, 0.6) is 0 Å². The smallest absolute Gasteiger partial charge is 0.305 e. The zero-order chi connectivity index (χ0) is 9.99. The molecule has 0 aliphatic rings. The molecule has 0 atom stereocenters. The van der Waals surface area contributed by atoms with Crippen LogP contribution in [-0.2, 0) is 14.3 Å². The van der Waals surface area contributed by atoms with Crippen molar-refractivity contribution < 1.29 is 14.3 Å². The van der Waals surface area contributed by atoms with Gasteiger partial charge in [-0.2, -0.15) is 0 Å². The van der Waals surface area contributed by atoms with Gasteiger partial charge in [0.25, 0.3) is 0 Å². The van der Waals surface area contributed by atoms with Gasteiger partial charge in [0, 0.05) is 20.8 Å². The number of hydrogen-bond acceptors (Lipinski definition) is 3. The zero-order valence-electron chi connectivity index (χ0n) is 8.10. The minimum Gasteiger partial charge on any atom is -0.434 e. The standard InChI is InChI=1S/C8H15IO3/c1-6(10)11-8(4,5)12-7(2,3)9/h1-5H3. The highest BCUT2D eigenvalue weighted by Gasteiger charge is 2.29. The molecular formula is C8H15IO3. The van der Waals surface area contributed by atoms with Crippen molar-refractivity contribution in [2.24, 2.45) is 0 Å². The molecule has 0 bridgehead atoms. The number of alkyl halides is 1. The first-order chi connectivity index (χ1) is 5.12. The Kier molecular flexibility index (Phi) is 3.96. The first-order valence-electron chi connectivity index (χ1n) is 3.71. The van der Waals surface area contributed by atoms with E-state index in [1.165, 1.54) is 6.92 Å². The van der Waals surface area contributed by atoms with Gasteiger partial charge in [-0.15, -0.1) is 0 Å². The number of hydrogen-bond donors (Lipinski definition) is 0. The van der Waals surface area contributed by atoms with E-state index in [1.807, 2.05) is 13.8 Å². The van der Waals surface area contributed by atoms with Gasteiger partial charge >= 0.3 is 5.97 Å². The lowest BCUT2D eigenvalue weighted by molar-refractivity contribution is -0.229. The fraction of sp³-hybridized carbons (Fsp3) is 0.875. The van der Waals surface area contributed by atoms with Gasteiger partial charge < -0.3 is 9.47 Å². The molecule has 0 N–H and O–H groups in total. The van der Waals surface area contributed by atoms with Crippen LogP contribution >= 0.6 is 22.6 Å². The molecule has 0 spiro atoms. The van der Waals surface area contributed by atoms with Crippen LogP contribution in [0, 0.1) is 0 Å². The van der Waals surface area contributed by atoms with Crippen molar-refractivity contribution in [2.75, 3.05) is 0 Å². The molecule has 0 aromatic carbocycles. The number of halogens is 1. The Morgan fingerprint density at radius 2 is 1.67 bits per heavy atom. The Morgan fingerprint density at radius 1 is 1.25 bits per heavy atom. The van der Waals surface area contributed by atoms with Gasteiger partial charge in [0.05, 0.1) is 0 Å². The summed E-state index contributed by atoms with van der Waals surface area (Å²) >= 11 is 2.14. The largest absolute Gasteiger partial charge is 0.434 e. The highest BCUT2D eigenvalue weighted by atomic mass is 127. The van der Waals surface area contributed by atoms with Crippen molar-refractivity contribution in [1.82, 2.24) is 0 Å². The third-order valence-corrected chi connectivity index (χ3v) is 1.10. The summed E-state index contributed by atoms with van der Waals surface area (Å²) in [6.07, 6.45) is 0. The Labute approximate surface area is 86.9 Å². The van der Waals surface area contributed by atoms with Gasteiger partial charge in [-0.3, -0.25) is 4.79 Å². The first kappa shape index (κ1) is 12.2. The van der Waals surface area contributed by atoms with Crippen LogP contribution in [0.2, 0.25) is 0 Å². The van der Waals surface area contributed by atoms with Gasteiger partial charge in [-0.1, -0.05) is 0 Å². The molecule has 0 aromatic rings. The molecule has 0 radical (unpaired) electrons. The summed E-state index contributed by atoms with van der Waals surface area (Å²) in [7, 11) is 0. The Balaban J connectivity index is 4.13. The number of carbonyl (C=O) groups excluding carboxylic acids is 1. The molecular weight excluding hydrogens is 271 g/mol. The van der Waals surface area contributed by atoms with E-state index in [0.717, 1.165) is 0 Å². The Morgan fingerprint density at radius 3 is 1.92 bits per heavy atom. The van der Waals surface area contributed by atoms with Crippen LogP contribution in [-0.4, -0.2) is 15.4 Å². The van der Waals surface area contributed by atoms with Gasteiger partial charge in [-0.05, 0) is 36.4 Å². The highest BCUT2D eigenvalue weighted by Crippen LogP contribution is 2.26. The topological polar surface area (TPSA) is 35.5 Å². The fourth-order valence-electron chi connectivity index (χ4n) is 0.951. The van der Waals surface area contributed by atoms with Gasteiger partial charge in [0.15, 0.2) is 0 Å². The van der Waals surface area contributed by atoms with Crippen LogP contribution in [0.3, 0.4) is 0 Å². The maximum atomic E-state index is 10.6. The van der Waals surface area contributed by atoms with Crippen LogP contribution in [0.1, 0.15) is 34.6 Å². The third-order valence-electron chi connectivity index (χ3n) is 0.878. The summed E-state index contributed by atoms with van der Waals surface area (Å²) in [6.45, 7) is 8.60. The van der Waals surface area contributed by atoms with Crippen LogP contribution < -0.4 is 0 Å². The monoisotopic (exact) mass is 286 g/mol. The van der Waals surface area contributed by atoms with Crippen molar-refractivity contribution in [1.29, 1.82) is 0 Å². The summed E-state index contributed by atoms with van der Waals surface area (Å²) in [5, 5.41) is 0. The van der Waals surface area contributed by atoms with Crippen LogP contribution in [0.15, 0.2) is 0 Å². The van der Waals surface area contributed by atoms with E-state index in [1.54, 1.807) is 13.8 Å². The lowest BCUT2D eigenvalue weighted by atomic mass is 10.3. The second kappa shape index (κ2) is 3.91. The van der Waals surface area contributed by atoms with E-state index in [9.17, 15) is 4.79 Å². The lowest BCUT2D eigenvalue weighted by Crippen LogP contribution is -2.36. The molecule has 4 heteroatoms. The maximum Gasteiger partial charge on any atom is 0.305 e. The molecule has 0 aromatic heterocycles. The van der Waals surface area contributed by atoms with E-state index in [2.05, 4.69) is 22.6 Å². The lowest BCUT2D eigenvalue weighted by Gasteiger charge is -2.31. The molecule has 0 saturated heterocycles. The summed E-state index contributed by atoms with van der Waals surface area (Å²) in [5.41, 5.74) is 0. The third kappa shape index (κ3) is 6.84. The van der Waals surface area contributed by atoms with Crippen molar-refractivity contribution in [3.8, 4) is 0 Å². The number of rotatable bonds is 3. The average molecular weight is 286 g/mol. The molecule has 0 rings (SSSR count). The predicted octanol–water partition coefficient (Wildman–Crippen LogP) is 2.47. The van der Waals surface area contributed by atoms with E-state index in [0.29, 0.717) is 0 Å². The van der Waals surface area contributed by atoms with Gasteiger partial charge in [0.2, 0.25) is 5.79 Å². The van der Waals surface area contributed by atoms with Gasteiger partial charge in [0.1, 0.15) is 3.61 Å². The summed E-state index contributed by atoms with van der Waals surface area (Å²) < 4.78 is 10.1. The SMILES string of the molecule is CC(=O)OC(C)(C)OC(C)(C)I. The van der Waals surface area contributed by atoms with Crippen molar-refractivity contribution in [3.05, 3.63) is 0 Å². The Bertz CT molecular complexity index is 170. The molecule has 0 aliphatic heterocycles. The quantitative estimate of drug-likeness (QED) is 0.346. The predicted molar refractivity (Wildman–Crippen MR) is 55.0 cm³/mol. The highest BCUT2D eigenvalue weighted by molar-refractivity contribution is 14.1. The van der Waals surface area contributed by atoms with E-state index in [-0.39, 0.29) is 9.58 Å². The Hall–Kier alpha value is 0.160. The summed E-state index contributed by atoms with van der Waals surface area (Å²) in [6, 6.07) is 0. The summed E-state index contributed by atoms with van der Waals surface area (Å²) in [5.74, 6) is -1.18. The van der Waals surface area contributed by atoms with E-state index >= 15 is 0 Å². The van der Waals surface area contributed by atoms with E-state index in [4.69, 9.17) is 9.47 Å². The average Bonchev–Trinajstić information content (AvgIpc) is 1.48. The van der Waals surface area contributed by atoms with E-state index < -0.39 is 5.79 Å². The number of ether oxygens (including phenoxy) is 2. The maximum absolute atomic E-state index is 10.6. The van der Waals surface area contributed by atoms with Crippen molar-refractivity contribution in [3.63, 3.8) is 0 Å². The molecule has 0 aliphatic carbocycles. The zero-order valence-corrected chi connectivity index (χ0v) is 10.3. The van der Waals surface area contributed by atoms with Gasteiger partial charge in [-0.25, -0.2) is 0 Å². The molecule has 0 amide bonds. The fourth-order valence-corrected chi connectivity index (χ4v) is 1.48. The number of carbonyl (C=O) groups is 1. The molecule has 0 heterocycles. The molecule has 12 heavy (non-hydrogen) atoms. The first-order valence-corrected chi connectivity index (χ1v) is 4.79. The molecule has 0 fully saturated rings. The number of esters is 1. The van der Waals surface area contributed by atoms with Crippen LogP contribution in [0.25, 0.3) is 0 Å². The van der Waals surface area contributed by atoms with Crippen molar-refractivity contribution >= 4 is 28.6 Å². The summed E-state index contributed by atoms with van der Waals surface area (Å²) in [4.78, 5) is 10.6. The molecule has 0 saturated carbocycles. The second-order valence-electron chi connectivity index (χ2n) is 3.46. The minimum atomic E-state index is -0.851. The second-order valence-corrected chi connectivity index (χ2v) is 6.06. The molecule has 72 valence electrons. The normalized spacial score (nSPS) is 12.8. The molecule has 3 nitrogen and oxygen atoms in total. The van der Waals surface area contributed by atoms with Crippen LogP contribution in [0.4, 0.5) is 0 Å². The minimum absolute atomic E-state index is 0.333.